The fourth-order valence-electron chi connectivity index (χ4n) is 3.82. The lowest BCUT2D eigenvalue weighted by Crippen LogP contribution is -2.42. The van der Waals surface area contributed by atoms with Gasteiger partial charge < -0.3 is 10.6 Å². The van der Waals surface area contributed by atoms with E-state index in [9.17, 15) is 22.8 Å². The zero-order valence-corrected chi connectivity index (χ0v) is 17.3. The molecular weight excluding hydrogens is 396 g/mol. The van der Waals surface area contributed by atoms with Crippen LogP contribution >= 0.6 is 0 Å². The van der Waals surface area contributed by atoms with Gasteiger partial charge in [0.15, 0.2) is 0 Å². The largest absolute Gasteiger partial charge is 0.326 e. The molecule has 2 saturated heterocycles. The second-order valence-electron chi connectivity index (χ2n) is 7.89. The van der Waals surface area contributed by atoms with E-state index < -0.39 is 28.0 Å². The number of anilines is 1. The molecule has 0 aliphatic carbocycles. The van der Waals surface area contributed by atoms with Gasteiger partial charge in [0.05, 0.1) is 4.90 Å². The van der Waals surface area contributed by atoms with Gasteiger partial charge in [0.2, 0.25) is 15.9 Å². The number of nitrogens with zero attached hydrogens (tertiary/aromatic N) is 1. The average molecular weight is 423 g/mol. The zero-order chi connectivity index (χ0) is 21.2. The Morgan fingerprint density at radius 1 is 1.14 bits per heavy atom. The van der Waals surface area contributed by atoms with Crippen LogP contribution in [0.2, 0.25) is 0 Å². The van der Waals surface area contributed by atoms with Crippen molar-refractivity contribution in [2.45, 2.75) is 44.0 Å². The van der Waals surface area contributed by atoms with Crippen LogP contribution in [0.4, 0.5) is 10.5 Å². The van der Waals surface area contributed by atoms with E-state index in [1.807, 2.05) is 0 Å². The number of amides is 4. The van der Waals surface area contributed by atoms with Crippen molar-refractivity contribution in [1.82, 2.24) is 14.9 Å². The number of rotatable bonds is 6. The van der Waals surface area contributed by atoms with Crippen molar-refractivity contribution in [2.24, 2.45) is 11.8 Å². The molecule has 1 aromatic rings. The highest BCUT2D eigenvalue weighted by molar-refractivity contribution is 7.89. The fourth-order valence-corrected chi connectivity index (χ4v) is 5.50. The minimum Gasteiger partial charge on any atom is -0.326 e. The molecule has 10 heteroatoms. The Hall–Kier alpha value is -2.46. The predicted octanol–water partition coefficient (Wildman–Crippen LogP) is 1.28. The summed E-state index contributed by atoms with van der Waals surface area (Å²) in [7, 11) is -3.57. The summed E-state index contributed by atoms with van der Waals surface area (Å²) in [6.07, 6.45) is 1.24. The molecule has 3 rings (SSSR count). The molecule has 3 atom stereocenters. The maximum atomic E-state index is 12.9. The number of carbonyl (C=O) groups excluding carboxylic acids is 3. The summed E-state index contributed by atoms with van der Waals surface area (Å²) in [4.78, 5) is 34.8. The van der Waals surface area contributed by atoms with Gasteiger partial charge in [-0.1, -0.05) is 13.8 Å². The minimum absolute atomic E-state index is 0.0436. The van der Waals surface area contributed by atoms with Crippen LogP contribution in [0, 0.1) is 11.8 Å². The molecule has 1 aromatic carbocycles. The van der Waals surface area contributed by atoms with Crippen molar-refractivity contribution >= 4 is 33.6 Å². The molecule has 0 aromatic heterocycles. The van der Waals surface area contributed by atoms with Crippen molar-refractivity contribution in [3.8, 4) is 0 Å². The molecule has 2 aliphatic heterocycles. The van der Waals surface area contributed by atoms with Gasteiger partial charge in [-0.05, 0) is 48.9 Å². The Kier molecular flexibility index (Phi) is 6.23. The zero-order valence-electron chi connectivity index (χ0n) is 16.5. The van der Waals surface area contributed by atoms with Gasteiger partial charge in [0, 0.05) is 25.2 Å². The topological polar surface area (TPSA) is 125 Å². The number of benzene rings is 1. The Morgan fingerprint density at radius 2 is 1.76 bits per heavy atom. The Labute approximate surface area is 170 Å². The number of piperidine rings is 1. The monoisotopic (exact) mass is 422 g/mol. The molecule has 2 fully saturated rings. The van der Waals surface area contributed by atoms with E-state index in [0.29, 0.717) is 30.6 Å². The smallest absolute Gasteiger partial charge is 0.322 e. The maximum Gasteiger partial charge on any atom is 0.322 e. The lowest BCUT2D eigenvalue weighted by atomic mass is 9.94. The Bertz CT molecular complexity index is 890. The highest BCUT2D eigenvalue weighted by Crippen LogP contribution is 2.27. The van der Waals surface area contributed by atoms with Crippen LogP contribution in [0.25, 0.3) is 0 Å². The molecule has 9 nitrogen and oxygen atoms in total. The normalized spacial score (nSPS) is 25.4. The number of urea groups is 1. The highest BCUT2D eigenvalue weighted by Gasteiger charge is 2.32. The van der Waals surface area contributed by atoms with E-state index in [4.69, 9.17) is 0 Å². The summed E-state index contributed by atoms with van der Waals surface area (Å²) in [5.74, 6) is -0.135. The van der Waals surface area contributed by atoms with Gasteiger partial charge in [0.25, 0.3) is 5.91 Å². The molecule has 0 radical (unpaired) electrons. The van der Waals surface area contributed by atoms with Gasteiger partial charge >= 0.3 is 6.03 Å². The van der Waals surface area contributed by atoms with Crippen LogP contribution in [0.5, 0.6) is 0 Å². The summed E-state index contributed by atoms with van der Waals surface area (Å²) in [5, 5.41) is 7.22. The molecule has 2 heterocycles. The highest BCUT2D eigenvalue weighted by atomic mass is 32.2. The van der Waals surface area contributed by atoms with Crippen LogP contribution in [0.1, 0.15) is 33.1 Å². The van der Waals surface area contributed by atoms with Crippen LogP contribution in [-0.2, 0) is 19.6 Å². The Morgan fingerprint density at radius 3 is 2.31 bits per heavy atom. The lowest BCUT2D eigenvalue weighted by Gasteiger charge is -2.34. The van der Waals surface area contributed by atoms with Gasteiger partial charge in [-0.25, -0.2) is 13.2 Å². The van der Waals surface area contributed by atoms with Crippen LogP contribution in [0.3, 0.4) is 0 Å². The van der Waals surface area contributed by atoms with Crippen molar-refractivity contribution in [1.29, 1.82) is 0 Å². The summed E-state index contributed by atoms with van der Waals surface area (Å²) < 4.78 is 27.3. The molecule has 2 aliphatic rings. The molecule has 0 bridgehead atoms. The first-order valence-corrected chi connectivity index (χ1v) is 11.1. The lowest BCUT2D eigenvalue weighted by molar-refractivity contribution is -0.120. The Balaban J connectivity index is 1.57. The molecular formula is C19H26N4O5S. The molecule has 3 N–H and O–H groups in total. The van der Waals surface area contributed by atoms with E-state index in [0.717, 1.165) is 6.42 Å². The van der Waals surface area contributed by atoms with E-state index in [1.165, 1.54) is 16.4 Å². The van der Waals surface area contributed by atoms with Gasteiger partial charge in [-0.3, -0.25) is 14.9 Å². The van der Waals surface area contributed by atoms with Crippen LogP contribution in [0.15, 0.2) is 29.2 Å². The predicted molar refractivity (Wildman–Crippen MR) is 106 cm³/mol. The van der Waals surface area contributed by atoms with Gasteiger partial charge in [-0.2, -0.15) is 4.31 Å². The molecule has 0 spiro atoms. The van der Waals surface area contributed by atoms with Gasteiger partial charge in [-0.15, -0.1) is 0 Å². The third-order valence-corrected chi connectivity index (χ3v) is 6.98. The average Bonchev–Trinajstić information content (AvgIpc) is 2.97. The minimum atomic E-state index is -3.57. The molecule has 158 valence electrons. The molecule has 4 amide bonds. The number of nitrogens with one attached hydrogen (secondary N) is 3. The van der Waals surface area contributed by atoms with Crippen LogP contribution < -0.4 is 16.0 Å². The summed E-state index contributed by atoms with van der Waals surface area (Å²) >= 11 is 0. The van der Waals surface area contributed by atoms with E-state index in [2.05, 4.69) is 29.8 Å². The van der Waals surface area contributed by atoms with E-state index in [-0.39, 0.29) is 23.6 Å². The number of carbonyl (C=O) groups is 3. The van der Waals surface area contributed by atoms with Crippen molar-refractivity contribution < 1.29 is 22.8 Å². The summed E-state index contributed by atoms with van der Waals surface area (Å²) in [6, 6.07) is 4.79. The number of hydrogen-bond donors (Lipinski definition) is 3. The van der Waals surface area contributed by atoms with Crippen molar-refractivity contribution in [2.75, 3.05) is 18.4 Å². The first kappa shape index (κ1) is 21.3. The molecule has 3 unspecified atom stereocenters. The van der Waals surface area contributed by atoms with Crippen molar-refractivity contribution in [3.63, 3.8) is 0 Å². The quantitative estimate of drug-likeness (QED) is 0.596. The molecule has 29 heavy (non-hydrogen) atoms. The van der Waals surface area contributed by atoms with Gasteiger partial charge in [0.1, 0.15) is 6.04 Å². The number of sulfonamides is 1. The number of imide groups is 1. The maximum absolute atomic E-state index is 12.9. The third-order valence-electron chi connectivity index (χ3n) is 5.13. The second-order valence-corrected chi connectivity index (χ2v) is 9.83. The van der Waals surface area contributed by atoms with E-state index >= 15 is 0 Å². The third kappa shape index (κ3) is 5.13. The first-order valence-electron chi connectivity index (χ1n) is 9.66. The SMILES string of the molecule is CC1CC(C)CN(S(=O)(=O)c2ccc(NC(=O)CCC3NC(=O)NC3=O)cc2)C1. The standard InChI is InChI=1S/C19H26N4O5S/c1-12-9-13(2)11-23(10-12)29(27,28)15-5-3-14(4-6-15)20-17(24)8-7-16-18(25)22-19(26)21-16/h3-6,12-13,16H,7-11H2,1-2H3,(H,20,24)(H2,21,22,25,26). The van der Waals surface area contributed by atoms with Crippen molar-refractivity contribution in [3.05, 3.63) is 24.3 Å². The summed E-state index contributed by atoms with van der Waals surface area (Å²) in [5.41, 5.74) is 0.467. The van der Waals surface area contributed by atoms with Crippen LogP contribution in [-0.4, -0.2) is 49.7 Å². The van der Waals surface area contributed by atoms with E-state index in [1.54, 1.807) is 12.1 Å². The fraction of sp³-hybridized carbons (Fsp3) is 0.526. The number of hydrogen-bond acceptors (Lipinski definition) is 5. The molecule has 0 saturated carbocycles. The second kappa shape index (κ2) is 8.50. The first-order chi connectivity index (χ1) is 13.6. The summed E-state index contributed by atoms with van der Waals surface area (Å²) in [6.45, 7) is 5.13.